The minimum Gasteiger partial charge on any atom is -0.311 e. The van der Waals surface area contributed by atoms with Crippen LogP contribution in [0.3, 0.4) is 0 Å². The van der Waals surface area contributed by atoms with Crippen molar-refractivity contribution in [2.75, 3.05) is 11.4 Å². The lowest BCUT2D eigenvalue weighted by atomic mass is 10.0. The van der Waals surface area contributed by atoms with E-state index in [9.17, 15) is 14.4 Å². The van der Waals surface area contributed by atoms with Crippen LogP contribution in [0.4, 0.5) is 5.69 Å². The van der Waals surface area contributed by atoms with Crippen LogP contribution in [0.1, 0.15) is 23.1 Å². The number of amides is 1. The van der Waals surface area contributed by atoms with E-state index in [-0.39, 0.29) is 18.0 Å². The molecule has 4 aromatic rings. The second kappa shape index (κ2) is 7.91. The minimum atomic E-state index is -0.492. The fraction of sp³-hybridized carbons (Fsp3) is 0.240. The number of rotatable bonds is 3. The highest BCUT2D eigenvalue weighted by molar-refractivity contribution is 7.17. The summed E-state index contributed by atoms with van der Waals surface area (Å²) in [5.41, 5.74) is 4.05. The molecule has 0 bridgehead atoms. The Morgan fingerprint density at radius 3 is 2.69 bits per heavy atom. The monoisotopic (exact) mass is 445 g/mol. The summed E-state index contributed by atoms with van der Waals surface area (Å²) in [4.78, 5) is 42.0. The molecule has 162 valence electrons. The molecule has 0 N–H and O–H groups in total. The van der Waals surface area contributed by atoms with E-state index in [1.54, 1.807) is 16.3 Å². The van der Waals surface area contributed by atoms with Crippen LogP contribution >= 0.6 is 11.3 Å². The highest BCUT2D eigenvalue weighted by Gasteiger charge is 2.25. The average molecular weight is 446 g/mol. The number of aromatic nitrogens is 2. The van der Waals surface area contributed by atoms with Gasteiger partial charge in [0.2, 0.25) is 5.91 Å². The Labute approximate surface area is 189 Å². The maximum absolute atomic E-state index is 13.6. The van der Waals surface area contributed by atoms with Crippen molar-refractivity contribution in [3.8, 4) is 5.69 Å². The van der Waals surface area contributed by atoms with Crippen LogP contribution in [0.5, 0.6) is 0 Å². The number of benzene rings is 2. The molecule has 0 unspecified atom stereocenters. The largest absolute Gasteiger partial charge is 0.336 e. The molecule has 0 spiro atoms. The molecule has 3 heterocycles. The number of nitrogens with zero attached hydrogens (tertiary/aromatic N) is 3. The van der Waals surface area contributed by atoms with Crippen LogP contribution in [0.2, 0.25) is 0 Å². The number of carbonyl (C=O) groups excluding carboxylic acids is 1. The van der Waals surface area contributed by atoms with E-state index < -0.39 is 5.69 Å². The first-order chi connectivity index (χ1) is 15.5. The lowest BCUT2D eigenvalue weighted by molar-refractivity contribution is -0.119. The molecule has 0 saturated carbocycles. The van der Waals surface area contributed by atoms with Crippen molar-refractivity contribution in [3.63, 3.8) is 0 Å². The third-order valence-corrected chi connectivity index (χ3v) is 6.96. The van der Waals surface area contributed by atoms with Crippen LogP contribution < -0.4 is 16.1 Å². The molecule has 0 atom stereocenters. The molecule has 0 fully saturated rings. The SMILES string of the molecule is Cc1ccc(C)c(-n2c(=O)c3sccc3n(CC(=O)N3CCCc4ccccc43)c2=O)c1. The average Bonchev–Trinajstić information content (AvgIpc) is 3.29. The van der Waals surface area contributed by atoms with Crippen molar-refractivity contribution >= 4 is 33.1 Å². The molecule has 1 aliphatic rings. The molecule has 2 aromatic carbocycles. The van der Waals surface area contributed by atoms with Gasteiger partial charge in [0.1, 0.15) is 11.2 Å². The van der Waals surface area contributed by atoms with Gasteiger partial charge >= 0.3 is 5.69 Å². The van der Waals surface area contributed by atoms with Crippen LogP contribution in [0.25, 0.3) is 15.9 Å². The number of anilines is 1. The molecule has 0 aliphatic carbocycles. The van der Waals surface area contributed by atoms with Gasteiger partial charge in [-0.1, -0.05) is 30.3 Å². The maximum Gasteiger partial charge on any atom is 0.336 e. The fourth-order valence-corrected chi connectivity index (χ4v) is 5.25. The second-order valence-corrected chi connectivity index (χ2v) is 9.13. The standard InChI is InChI=1S/C25H23N3O3S/c1-16-9-10-17(2)21(14-16)28-24(30)23-20(11-13-32-23)27(25(28)31)15-22(29)26-12-5-7-18-6-3-4-8-19(18)26/h3-4,6,8-11,13-14H,5,7,12,15H2,1-2H3. The molecule has 0 saturated heterocycles. The fourth-order valence-electron chi connectivity index (χ4n) is 4.43. The van der Waals surface area contributed by atoms with E-state index in [1.807, 2.05) is 56.3 Å². The highest BCUT2D eigenvalue weighted by atomic mass is 32.1. The van der Waals surface area contributed by atoms with Gasteiger partial charge in [-0.15, -0.1) is 11.3 Å². The van der Waals surface area contributed by atoms with Gasteiger partial charge < -0.3 is 4.90 Å². The predicted octanol–water partition coefficient (Wildman–Crippen LogP) is 3.81. The molecule has 1 aliphatic heterocycles. The maximum atomic E-state index is 13.6. The third-order valence-electron chi connectivity index (χ3n) is 6.06. The first kappa shape index (κ1) is 20.5. The van der Waals surface area contributed by atoms with Gasteiger partial charge in [0.05, 0.1) is 11.2 Å². The zero-order valence-electron chi connectivity index (χ0n) is 18.0. The Morgan fingerprint density at radius 2 is 1.84 bits per heavy atom. The van der Waals surface area contributed by atoms with Gasteiger partial charge in [0.15, 0.2) is 0 Å². The van der Waals surface area contributed by atoms with E-state index >= 15 is 0 Å². The first-order valence-corrected chi connectivity index (χ1v) is 11.5. The van der Waals surface area contributed by atoms with Crippen LogP contribution in [0, 0.1) is 13.8 Å². The number of para-hydroxylation sites is 1. The van der Waals surface area contributed by atoms with Gasteiger partial charge in [-0.2, -0.15) is 0 Å². The summed E-state index contributed by atoms with van der Waals surface area (Å²) in [7, 11) is 0. The molecular weight excluding hydrogens is 422 g/mol. The number of aryl methyl sites for hydroxylation is 3. The summed E-state index contributed by atoms with van der Waals surface area (Å²) in [6, 6.07) is 15.3. The molecule has 1 amide bonds. The zero-order valence-corrected chi connectivity index (χ0v) is 18.8. The van der Waals surface area contributed by atoms with Crippen molar-refractivity contribution in [2.24, 2.45) is 0 Å². The number of thiophene rings is 1. The van der Waals surface area contributed by atoms with Crippen LogP contribution in [0.15, 0.2) is 63.5 Å². The molecule has 6 nitrogen and oxygen atoms in total. The van der Waals surface area contributed by atoms with Crippen LogP contribution in [-0.4, -0.2) is 21.6 Å². The lowest BCUT2D eigenvalue weighted by Gasteiger charge is -2.29. The molecule has 32 heavy (non-hydrogen) atoms. The first-order valence-electron chi connectivity index (χ1n) is 10.6. The lowest BCUT2D eigenvalue weighted by Crippen LogP contribution is -2.44. The summed E-state index contributed by atoms with van der Waals surface area (Å²) in [6.07, 6.45) is 1.82. The van der Waals surface area contributed by atoms with E-state index in [0.29, 0.717) is 22.4 Å². The highest BCUT2D eigenvalue weighted by Crippen LogP contribution is 2.27. The van der Waals surface area contributed by atoms with E-state index in [2.05, 4.69) is 0 Å². The Bertz CT molecular complexity index is 1480. The molecule has 2 aromatic heterocycles. The van der Waals surface area contributed by atoms with E-state index in [0.717, 1.165) is 35.2 Å². The Morgan fingerprint density at radius 1 is 1.03 bits per heavy atom. The summed E-state index contributed by atoms with van der Waals surface area (Å²) >= 11 is 1.29. The second-order valence-electron chi connectivity index (χ2n) is 8.21. The molecular formula is C25H23N3O3S. The minimum absolute atomic E-state index is 0.119. The predicted molar refractivity (Wildman–Crippen MR) is 128 cm³/mol. The zero-order chi connectivity index (χ0) is 22.4. The molecule has 0 radical (unpaired) electrons. The van der Waals surface area contributed by atoms with Gasteiger partial charge in [-0.3, -0.25) is 14.2 Å². The van der Waals surface area contributed by atoms with Gasteiger partial charge in [-0.05, 0) is 67.0 Å². The Kier molecular flexibility index (Phi) is 5.06. The molecule has 7 heteroatoms. The summed E-state index contributed by atoms with van der Waals surface area (Å²) in [6.45, 7) is 4.30. The summed E-state index contributed by atoms with van der Waals surface area (Å²) in [5.74, 6) is -0.155. The summed E-state index contributed by atoms with van der Waals surface area (Å²) < 4.78 is 3.12. The van der Waals surface area contributed by atoms with E-state index in [1.165, 1.54) is 20.5 Å². The Balaban J connectivity index is 1.65. The van der Waals surface area contributed by atoms with Crippen molar-refractivity contribution < 1.29 is 4.79 Å². The molecule has 5 rings (SSSR count). The Hall–Kier alpha value is -3.45. The van der Waals surface area contributed by atoms with Crippen molar-refractivity contribution in [3.05, 3.63) is 91.4 Å². The van der Waals surface area contributed by atoms with Gasteiger partial charge in [0.25, 0.3) is 5.56 Å². The summed E-state index contributed by atoms with van der Waals surface area (Å²) in [5, 5.41) is 1.79. The van der Waals surface area contributed by atoms with Crippen molar-refractivity contribution in [2.45, 2.75) is 33.2 Å². The van der Waals surface area contributed by atoms with Crippen molar-refractivity contribution in [1.82, 2.24) is 9.13 Å². The van der Waals surface area contributed by atoms with E-state index in [4.69, 9.17) is 0 Å². The third kappa shape index (κ3) is 3.29. The smallest absolute Gasteiger partial charge is 0.311 e. The van der Waals surface area contributed by atoms with Crippen LogP contribution in [-0.2, 0) is 17.8 Å². The van der Waals surface area contributed by atoms with Gasteiger partial charge in [0, 0.05) is 12.2 Å². The number of carbonyl (C=O) groups is 1. The van der Waals surface area contributed by atoms with Crippen molar-refractivity contribution in [1.29, 1.82) is 0 Å². The normalized spacial score (nSPS) is 13.4. The quantitative estimate of drug-likeness (QED) is 0.482. The number of hydrogen-bond acceptors (Lipinski definition) is 4. The topological polar surface area (TPSA) is 64.3 Å². The van der Waals surface area contributed by atoms with Gasteiger partial charge in [-0.25, -0.2) is 9.36 Å². The number of fused-ring (bicyclic) bond motifs is 2. The number of hydrogen-bond donors (Lipinski definition) is 0.